The van der Waals surface area contributed by atoms with Crippen molar-refractivity contribution in [3.8, 4) is 0 Å². The molecule has 0 aliphatic carbocycles. The summed E-state index contributed by atoms with van der Waals surface area (Å²) in [5.41, 5.74) is 3.52. The number of hydrazone groups is 1. The molecular weight excluding hydrogens is 430 g/mol. The topological polar surface area (TPSA) is 156 Å². The Bertz CT molecular complexity index is 1350. The second-order valence-corrected chi connectivity index (χ2v) is 8.03. The SMILES string of the molecule is CC(C)OCC(O)Cn1c(N/N=C2/Cc3ccccc3NC2=O)nc2c1c(=O)[nH]c(=O)n2C. The van der Waals surface area contributed by atoms with Crippen molar-refractivity contribution in [1.29, 1.82) is 0 Å². The first kappa shape index (κ1) is 22.4. The van der Waals surface area contributed by atoms with Gasteiger partial charge in [0.25, 0.3) is 11.5 Å². The van der Waals surface area contributed by atoms with Gasteiger partial charge in [0, 0.05) is 19.2 Å². The van der Waals surface area contributed by atoms with Gasteiger partial charge in [0.05, 0.1) is 25.4 Å². The molecule has 0 bridgehead atoms. The average molecular weight is 455 g/mol. The van der Waals surface area contributed by atoms with E-state index in [9.17, 15) is 19.5 Å². The van der Waals surface area contributed by atoms with Gasteiger partial charge < -0.3 is 19.7 Å². The second kappa shape index (κ2) is 9.00. The number of carbonyl (C=O) groups excluding carboxylic acids is 1. The van der Waals surface area contributed by atoms with Crippen molar-refractivity contribution < 1.29 is 14.6 Å². The van der Waals surface area contributed by atoms with Crippen LogP contribution < -0.4 is 22.0 Å². The number of fused-ring (bicyclic) bond motifs is 2. The van der Waals surface area contributed by atoms with Crippen LogP contribution in [-0.4, -0.2) is 54.6 Å². The molecule has 33 heavy (non-hydrogen) atoms. The average Bonchev–Trinajstić information content (AvgIpc) is 3.13. The number of nitrogens with one attached hydrogen (secondary N) is 3. The van der Waals surface area contributed by atoms with Crippen LogP contribution >= 0.6 is 0 Å². The summed E-state index contributed by atoms with van der Waals surface area (Å²) in [6.07, 6.45) is -0.737. The first-order valence-electron chi connectivity index (χ1n) is 10.5. The fourth-order valence-electron chi connectivity index (χ4n) is 3.52. The first-order valence-corrected chi connectivity index (χ1v) is 10.5. The number of para-hydroxylation sites is 1. The summed E-state index contributed by atoms with van der Waals surface area (Å²) < 4.78 is 8.06. The molecule has 12 nitrogen and oxygen atoms in total. The number of aliphatic hydroxyl groups excluding tert-OH is 1. The molecule has 4 N–H and O–H groups in total. The number of H-pyrrole nitrogens is 1. The summed E-state index contributed by atoms with van der Waals surface area (Å²) in [5.74, 6) is -0.265. The molecular formula is C21H25N7O5. The predicted molar refractivity (Wildman–Crippen MR) is 123 cm³/mol. The van der Waals surface area contributed by atoms with Gasteiger partial charge >= 0.3 is 5.69 Å². The Balaban J connectivity index is 1.71. The lowest BCUT2D eigenvalue weighted by molar-refractivity contribution is -0.110. The van der Waals surface area contributed by atoms with Crippen molar-refractivity contribution in [3.63, 3.8) is 0 Å². The molecule has 2 aromatic heterocycles. The molecule has 1 aromatic carbocycles. The van der Waals surface area contributed by atoms with E-state index in [1.165, 1.54) is 16.2 Å². The highest BCUT2D eigenvalue weighted by atomic mass is 16.5. The summed E-state index contributed by atoms with van der Waals surface area (Å²) in [6, 6.07) is 7.40. The van der Waals surface area contributed by atoms with Crippen molar-refractivity contribution in [1.82, 2.24) is 19.1 Å². The van der Waals surface area contributed by atoms with Crippen molar-refractivity contribution in [2.24, 2.45) is 12.1 Å². The summed E-state index contributed by atoms with van der Waals surface area (Å²) in [7, 11) is 1.47. The van der Waals surface area contributed by atoms with Crippen LogP contribution in [0, 0.1) is 0 Å². The van der Waals surface area contributed by atoms with Crippen molar-refractivity contribution in [2.45, 2.75) is 39.0 Å². The van der Waals surface area contributed by atoms with Gasteiger partial charge in [-0.25, -0.2) is 10.2 Å². The van der Waals surface area contributed by atoms with E-state index in [4.69, 9.17) is 4.74 Å². The molecule has 0 saturated carbocycles. The van der Waals surface area contributed by atoms with Gasteiger partial charge in [-0.3, -0.25) is 19.1 Å². The van der Waals surface area contributed by atoms with Crippen LogP contribution in [0.4, 0.5) is 11.6 Å². The number of aromatic nitrogens is 4. The van der Waals surface area contributed by atoms with E-state index in [-0.39, 0.29) is 48.0 Å². The molecule has 3 heterocycles. The van der Waals surface area contributed by atoms with Crippen LogP contribution in [0.1, 0.15) is 19.4 Å². The van der Waals surface area contributed by atoms with Gasteiger partial charge in [0.15, 0.2) is 11.2 Å². The summed E-state index contributed by atoms with van der Waals surface area (Å²) in [5, 5.41) is 17.4. The highest BCUT2D eigenvalue weighted by Crippen LogP contribution is 2.21. The zero-order valence-electron chi connectivity index (χ0n) is 18.5. The minimum atomic E-state index is -0.959. The number of hydrogen-bond donors (Lipinski definition) is 4. The normalized spacial score (nSPS) is 15.7. The molecule has 1 atom stereocenters. The van der Waals surface area contributed by atoms with E-state index in [2.05, 4.69) is 25.8 Å². The molecule has 174 valence electrons. The van der Waals surface area contributed by atoms with Gasteiger partial charge in [0.2, 0.25) is 5.95 Å². The largest absolute Gasteiger partial charge is 0.389 e. The van der Waals surface area contributed by atoms with E-state index in [1.807, 2.05) is 38.1 Å². The number of imidazole rings is 1. The van der Waals surface area contributed by atoms with E-state index in [0.29, 0.717) is 6.42 Å². The number of anilines is 2. The Morgan fingerprint density at radius 2 is 2.03 bits per heavy atom. The minimum absolute atomic E-state index is 0.0359. The predicted octanol–water partition coefficient (Wildman–Crippen LogP) is 0.172. The van der Waals surface area contributed by atoms with Gasteiger partial charge in [-0.15, -0.1) is 0 Å². The number of carbonyl (C=O) groups is 1. The second-order valence-electron chi connectivity index (χ2n) is 8.03. The molecule has 0 radical (unpaired) electrons. The highest BCUT2D eigenvalue weighted by Gasteiger charge is 2.23. The molecule has 0 spiro atoms. The molecule has 1 unspecified atom stereocenters. The smallest absolute Gasteiger partial charge is 0.329 e. The lowest BCUT2D eigenvalue weighted by Crippen LogP contribution is -2.31. The minimum Gasteiger partial charge on any atom is -0.389 e. The van der Waals surface area contributed by atoms with Crippen LogP contribution in [-0.2, 0) is 29.5 Å². The molecule has 1 aliphatic rings. The van der Waals surface area contributed by atoms with E-state index >= 15 is 0 Å². The Morgan fingerprint density at radius 3 is 2.79 bits per heavy atom. The number of amides is 1. The molecule has 1 aliphatic heterocycles. The van der Waals surface area contributed by atoms with Gasteiger partial charge in [0.1, 0.15) is 5.71 Å². The number of aromatic amines is 1. The number of rotatable bonds is 7. The number of benzene rings is 1. The number of nitrogens with zero attached hydrogens (tertiary/aromatic N) is 4. The van der Waals surface area contributed by atoms with E-state index in [1.54, 1.807) is 0 Å². The summed E-state index contributed by atoms with van der Waals surface area (Å²) in [6.45, 7) is 3.67. The van der Waals surface area contributed by atoms with Gasteiger partial charge in [-0.1, -0.05) is 18.2 Å². The number of aliphatic hydroxyl groups is 1. The fourth-order valence-corrected chi connectivity index (χ4v) is 3.52. The quantitative estimate of drug-likeness (QED) is 0.370. The maximum atomic E-state index is 12.6. The third-order valence-corrected chi connectivity index (χ3v) is 5.20. The van der Waals surface area contributed by atoms with Gasteiger partial charge in [-0.05, 0) is 25.5 Å². The van der Waals surface area contributed by atoms with Crippen molar-refractivity contribution >= 4 is 34.4 Å². The summed E-state index contributed by atoms with van der Waals surface area (Å²) >= 11 is 0. The monoisotopic (exact) mass is 455 g/mol. The zero-order chi connectivity index (χ0) is 23.7. The Morgan fingerprint density at radius 1 is 1.27 bits per heavy atom. The lowest BCUT2D eigenvalue weighted by Gasteiger charge is -2.18. The molecule has 0 fully saturated rings. The molecule has 12 heteroatoms. The Labute approximate surface area is 187 Å². The van der Waals surface area contributed by atoms with Crippen LogP contribution in [0.25, 0.3) is 11.2 Å². The van der Waals surface area contributed by atoms with E-state index < -0.39 is 17.4 Å². The number of aryl methyl sites for hydroxylation is 1. The first-order chi connectivity index (χ1) is 15.7. The molecule has 3 aromatic rings. The van der Waals surface area contributed by atoms with Crippen molar-refractivity contribution in [2.75, 3.05) is 17.3 Å². The maximum Gasteiger partial charge on any atom is 0.329 e. The summed E-state index contributed by atoms with van der Waals surface area (Å²) in [4.78, 5) is 43.6. The third kappa shape index (κ3) is 4.56. The van der Waals surface area contributed by atoms with Crippen LogP contribution in [0.15, 0.2) is 39.0 Å². The standard InChI is InChI=1S/C21H25N7O5/c1-11(2)33-10-13(29)9-28-16-17(27(3)21(32)24-19(16)31)23-20(28)26-25-15-8-12-6-4-5-7-14(12)22-18(15)30/h4-7,11,13,29H,8-10H2,1-3H3,(H,22,30)(H,23,26)(H,24,31,32)/b25-15-. The zero-order valence-corrected chi connectivity index (χ0v) is 18.5. The Hall–Kier alpha value is -3.77. The Kier molecular flexibility index (Phi) is 6.11. The molecule has 1 amide bonds. The maximum absolute atomic E-state index is 12.6. The molecule has 4 rings (SSSR count). The van der Waals surface area contributed by atoms with Gasteiger partial charge in [-0.2, -0.15) is 10.1 Å². The van der Waals surface area contributed by atoms with Crippen LogP contribution in [0.5, 0.6) is 0 Å². The van der Waals surface area contributed by atoms with E-state index in [0.717, 1.165) is 11.3 Å². The fraction of sp³-hybridized carbons (Fsp3) is 0.381. The third-order valence-electron chi connectivity index (χ3n) is 5.20. The number of ether oxygens (including phenoxy) is 1. The van der Waals surface area contributed by atoms with Crippen LogP contribution in [0.2, 0.25) is 0 Å². The molecule has 0 saturated heterocycles. The highest BCUT2D eigenvalue weighted by molar-refractivity contribution is 6.45. The van der Waals surface area contributed by atoms with Crippen molar-refractivity contribution in [3.05, 3.63) is 50.7 Å². The lowest BCUT2D eigenvalue weighted by atomic mass is 10.0. The van der Waals surface area contributed by atoms with Crippen LogP contribution in [0.3, 0.4) is 0 Å². The number of hydrogen-bond acceptors (Lipinski definition) is 8.